The molecule has 0 atom stereocenters. The van der Waals surface area contributed by atoms with Gasteiger partial charge in [0.15, 0.2) is 0 Å². The lowest BCUT2D eigenvalue weighted by Gasteiger charge is -2.19. The molecule has 5 nitrogen and oxygen atoms in total. The molecule has 0 saturated heterocycles. The van der Waals surface area contributed by atoms with Crippen molar-refractivity contribution < 1.29 is 9.53 Å². The summed E-state index contributed by atoms with van der Waals surface area (Å²) >= 11 is 1.48. The molecular formula is C12H12N2O3S. The van der Waals surface area contributed by atoms with E-state index in [1.807, 2.05) is 6.07 Å². The normalized spacial score (nSPS) is 13.6. The molecule has 18 heavy (non-hydrogen) atoms. The SMILES string of the molecule is CCOC(=O)c1cc(C#N)c2n(c1=O)CCCS2. The molecule has 0 saturated carbocycles. The highest BCUT2D eigenvalue weighted by Crippen LogP contribution is 2.26. The number of aromatic nitrogens is 1. The number of ether oxygens (including phenoxy) is 1. The fraction of sp³-hybridized carbons (Fsp3) is 0.417. The van der Waals surface area contributed by atoms with Gasteiger partial charge in [-0.3, -0.25) is 4.79 Å². The zero-order chi connectivity index (χ0) is 13.1. The first-order valence-electron chi connectivity index (χ1n) is 5.67. The van der Waals surface area contributed by atoms with Crippen molar-refractivity contribution in [2.45, 2.75) is 24.9 Å². The van der Waals surface area contributed by atoms with Crippen LogP contribution in [0.3, 0.4) is 0 Å². The Morgan fingerprint density at radius 3 is 3.11 bits per heavy atom. The van der Waals surface area contributed by atoms with Gasteiger partial charge in [-0.1, -0.05) is 0 Å². The predicted octanol–water partition coefficient (Wildman–Crippen LogP) is 1.39. The van der Waals surface area contributed by atoms with Crippen molar-refractivity contribution in [2.24, 2.45) is 0 Å². The number of esters is 1. The first-order valence-corrected chi connectivity index (χ1v) is 6.65. The van der Waals surface area contributed by atoms with Gasteiger partial charge in [-0.2, -0.15) is 5.26 Å². The van der Waals surface area contributed by atoms with Gasteiger partial charge in [-0.25, -0.2) is 4.79 Å². The fourth-order valence-corrected chi connectivity index (χ4v) is 2.89. The van der Waals surface area contributed by atoms with Crippen LogP contribution in [0.2, 0.25) is 0 Å². The molecule has 0 radical (unpaired) electrons. The van der Waals surface area contributed by atoms with E-state index in [1.54, 1.807) is 6.92 Å². The van der Waals surface area contributed by atoms with Gasteiger partial charge in [0.05, 0.1) is 17.2 Å². The third-order valence-corrected chi connectivity index (χ3v) is 3.83. The third kappa shape index (κ3) is 2.14. The molecule has 94 valence electrons. The number of thioether (sulfide) groups is 1. The molecule has 1 aromatic rings. The van der Waals surface area contributed by atoms with Crippen molar-refractivity contribution >= 4 is 17.7 Å². The van der Waals surface area contributed by atoms with Crippen molar-refractivity contribution in [1.82, 2.24) is 4.57 Å². The van der Waals surface area contributed by atoms with E-state index in [-0.39, 0.29) is 17.7 Å². The minimum atomic E-state index is -0.662. The van der Waals surface area contributed by atoms with Crippen LogP contribution in [0.15, 0.2) is 15.9 Å². The van der Waals surface area contributed by atoms with E-state index >= 15 is 0 Å². The second-order valence-corrected chi connectivity index (χ2v) is 4.85. The Morgan fingerprint density at radius 1 is 1.67 bits per heavy atom. The smallest absolute Gasteiger partial charge is 0.343 e. The number of carbonyl (C=O) groups excluding carboxylic acids is 1. The summed E-state index contributed by atoms with van der Waals surface area (Å²) in [5, 5.41) is 9.74. The summed E-state index contributed by atoms with van der Waals surface area (Å²) in [5.41, 5.74) is -0.0587. The average molecular weight is 264 g/mol. The third-order valence-electron chi connectivity index (χ3n) is 2.62. The van der Waals surface area contributed by atoms with Crippen LogP contribution in [0.25, 0.3) is 0 Å². The number of nitrogens with zero attached hydrogens (tertiary/aromatic N) is 2. The maximum absolute atomic E-state index is 12.1. The second kappa shape index (κ2) is 5.27. The van der Waals surface area contributed by atoms with Crippen molar-refractivity contribution in [3.8, 4) is 6.07 Å². The summed E-state index contributed by atoms with van der Waals surface area (Å²) < 4.78 is 6.33. The average Bonchev–Trinajstić information content (AvgIpc) is 2.40. The zero-order valence-corrected chi connectivity index (χ0v) is 10.7. The zero-order valence-electron chi connectivity index (χ0n) is 9.93. The Morgan fingerprint density at radius 2 is 2.44 bits per heavy atom. The van der Waals surface area contributed by atoms with Crippen LogP contribution in [0, 0.1) is 11.3 Å². The summed E-state index contributed by atoms with van der Waals surface area (Å²) in [6.07, 6.45) is 0.856. The molecule has 6 heteroatoms. The van der Waals surface area contributed by atoms with Gasteiger partial charge >= 0.3 is 5.97 Å². The molecule has 0 N–H and O–H groups in total. The summed E-state index contributed by atoms with van der Waals surface area (Å²) in [6.45, 7) is 2.43. The number of nitriles is 1. The largest absolute Gasteiger partial charge is 0.462 e. The highest BCUT2D eigenvalue weighted by atomic mass is 32.2. The minimum absolute atomic E-state index is 0.0559. The molecule has 0 aliphatic carbocycles. The Kier molecular flexibility index (Phi) is 3.72. The molecule has 1 aromatic heterocycles. The van der Waals surface area contributed by atoms with E-state index in [9.17, 15) is 9.59 Å². The molecule has 0 aromatic carbocycles. The number of hydrogen-bond acceptors (Lipinski definition) is 5. The molecule has 2 rings (SSSR count). The summed E-state index contributed by atoms with van der Waals surface area (Å²) in [5.74, 6) is 0.220. The second-order valence-electron chi connectivity index (χ2n) is 3.77. The highest BCUT2D eigenvalue weighted by Gasteiger charge is 2.22. The Labute approximate surface area is 108 Å². The first kappa shape index (κ1) is 12.7. The number of hydrogen-bond donors (Lipinski definition) is 0. The van der Waals surface area contributed by atoms with E-state index in [4.69, 9.17) is 10.00 Å². The molecule has 1 aliphatic rings. The lowest BCUT2D eigenvalue weighted by Crippen LogP contribution is -2.31. The Hall–Kier alpha value is -1.74. The molecular weight excluding hydrogens is 252 g/mol. The lowest BCUT2D eigenvalue weighted by atomic mass is 10.2. The van der Waals surface area contributed by atoms with Crippen LogP contribution < -0.4 is 5.56 Å². The standard InChI is InChI=1S/C12H12N2O3S/c1-2-17-12(16)9-6-8(7-13)11-14(10(9)15)4-3-5-18-11/h6H,2-5H2,1H3. The quantitative estimate of drug-likeness (QED) is 0.755. The molecule has 0 fully saturated rings. The monoisotopic (exact) mass is 264 g/mol. The topological polar surface area (TPSA) is 72.1 Å². The van der Waals surface area contributed by atoms with Gasteiger partial charge in [0, 0.05) is 12.3 Å². The van der Waals surface area contributed by atoms with Crippen molar-refractivity contribution in [3.05, 3.63) is 27.5 Å². The predicted molar refractivity (Wildman–Crippen MR) is 66.7 cm³/mol. The van der Waals surface area contributed by atoms with Crippen LogP contribution >= 0.6 is 11.8 Å². The van der Waals surface area contributed by atoms with E-state index in [2.05, 4.69) is 0 Å². The van der Waals surface area contributed by atoms with Crippen LogP contribution in [-0.2, 0) is 11.3 Å². The molecule has 0 amide bonds. The van der Waals surface area contributed by atoms with E-state index < -0.39 is 5.97 Å². The van der Waals surface area contributed by atoms with Gasteiger partial charge in [0.25, 0.3) is 5.56 Å². The van der Waals surface area contributed by atoms with Gasteiger partial charge in [0.1, 0.15) is 11.6 Å². The minimum Gasteiger partial charge on any atom is -0.462 e. The maximum atomic E-state index is 12.1. The first-order chi connectivity index (χ1) is 8.69. The van der Waals surface area contributed by atoms with Gasteiger partial charge < -0.3 is 9.30 Å². The van der Waals surface area contributed by atoms with Crippen molar-refractivity contribution in [2.75, 3.05) is 12.4 Å². The van der Waals surface area contributed by atoms with Crippen LogP contribution in [0.5, 0.6) is 0 Å². The van der Waals surface area contributed by atoms with Crippen molar-refractivity contribution in [1.29, 1.82) is 5.26 Å². The summed E-state index contributed by atoms with van der Waals surface area (Å²) in [4.78, 5) is 23.8. The fourth-order valence-electron chi connectivity index (χ4n) is 1.84. The maximum Gasteiger partial charge on any atom is 0.343 e. The van der Waals surface area contributed by atoms with E-state index in [1.165, 1.54) is 22.4 Å². The number of carbonyl (C=O) groups is 1. The van der Waals surface area contributed by atoms with Crippen LogP contribution in [0.1, 0.15) is 29.3 Å². The molecule has 0 bridgehead atoms. The van der Waals surface area contributed by atoms with E-state index in [0.29, 0.717) is 17.1 Å². The van der Waals surface area contributed by atoms with Gasteiger partial charge in [-0.05, 0) is 19.4 Å². The van der Waals surface area contributed by atoms with Crippen LogP contribution in [-0.4, -0.2) is 22.9 Å². The summed E-state index contributed by atoms with van der Waals surface area (Å²) in [6, 6.07) is 3.37. The van der Waals surface area contributed by atoms with E-state index in [0.717, 1.165) is 12.2 Å². The number of fused-ring (bicyclic) bond motifs is 1. The molecule has 0 unspecified atom stereocenters. The lowest BCUT2D eigenvalue weighted by molar-refractivity contribution is 0.0523. The summed E-state index contributed by atoms with van der Waals surface area (Å²) in [7, 11) is 0. The Bertz CT molecular complexity index is 586. The number of pyridine rings is 1. The molecule has 1 aliphatic heterocycles. The number of rotatable bonds is 2. The van der Waals surface area contributed by atoms with Crippen LogP contribution in [0.4, 0.5) is 0 Å². The van der Waals surface area contributed by atoms with Gasteiger partial charge in [0.2, 0.25) is 0 Å². The molecule has 2 heterocycles. The Balaban J connectivity index is 2.60. The van der Waals surface area contributed by atoms with Gasteiger partial charge in [-0.15, -0.1) is 11.8 Å². The van der Waals surface area contributed by atoms with Crippen molar-refractivity contribution in [3.63, 3.8) is 0 Å². The highest BCUT2D eigenvalue weighted by molar-refractivity contribution is 7.99. The molecule has 0 spiro atoms.